The van der Waals surface area contributed by atoms with Gasteiger partial charge in [0.1, 0.15) is 5.82 Å². The second-order valence-electron chi connectivity index (χ2n) is 8.92. The van der Waals surface area contributed by atoms with E-state index < -0.39 is 11.7 Å². The molecule has 0 radical (unpaired) electrons. The minimum atomic E-state index is -4.31. The van der Waals surface area contributed by atoms with Crippen LogP contribution in [0.15, 0.2) is 53.3 Å². The van der Waals surface area contributed by atoms with E-state index >= 15 is 0 Å². The first-order chi connectivity index (χ1) is 16.1. The first kappa shape index (κ1) is 24.3. The lowest BCUT2D eigenvalue weighted by Crippen LogP contribution is -2.34. The molecule has 0 aliphatic carbocycles. The average Bonchev–Trinajstić information content (AvgIpc) is 2.77. The Hall–Kier alpha value is -2.80. The number of hydrogen-bond donors (Lipinski definition) is 0. The first-order valence-electron chi connectivity index (χ1n) is 11.4. The van der Waals surface area contributed by atoms with Crippen molar-refractivity contribution in [2.75, 3.05) is 18.0 Å². The summed E-state index contributed by atoms with van der Waals surface area (Å²) in [5, 5.41) is 0.576. The fourth-order valence-corrected chi connectivity index (χ4v) is 4.98. The average molecular weight is 490 g/mol. The summed E-state index contributed by atoms with van der Waals surface area (Å²) in [7, 11) is 0. The van der Waals surface area contributed by atoms with Crippen molar-refractivity contribution in [1.29, 1.82) is 0 Å². The van der Waals surface area contributed by atoms with Crippen LogP contribution in [0.4, 0.5) is 18.9 Å². The van der Waals surface area contributed by atoms with Gasteiger partial charge in [0.05, 0.1) is 22.0 Å². The summed E-state index contributed by atoms with van der Waals surface area (Å²) in [4.78, 5) is 19.0. The Kier molecular flexibility index (Phi) is 7.03. The van der Waals surface area contributed by atoms with Gasteiger partial charge in [-0.15, -0.1) is 0 Å². The highest BCUT2D eigenvalue weighted by Crippen LogP contribution is 2.33. The molecule has 1 fully saturated rings. The smallest absolute Gasteiger partial charge is 0.370 e. The normalized spacial score (nSPS) is 15.1. The lowest BCUT2D eigenvalue weighted by Gasteiger charge is -2.34. The molecular formula is C26H27ClF3N3O. The van der Waals surface area contributed by atoms with Crippen LogP contribution in [0.2, 0.25) is 5.02 Å². The highest BCUT2D eigenvalue weighted by molar-refractivity contribution is 6.33. The van der Waals surface area contributed by atoms with Crippen molar-refractivity contribution in [2.45, 2.75) is 45.7 Å². The van der Waals surface area contributed by atoms with Gasteiger partial charge < -0.3 is 4.90 Å². The number of hydrogen-bond acceptors (Lipinski definition) is 3. The van der Waals surface area contributed by atoms with E-state index in [0.29, 0.717) is 34.6 Å². The lowest BCUT2D eigenvalue weighted by atomic mass is 9.90. The fraction of sp³-hybridized carbons (Fsp3) is 0.385. The topological polar surface area (TPSA) is 38.1 Å². The van der Waals surface area contributed by atoms with Gasteiger partial charge in [0.2, 0.25) is 0 Å². The van der Waals surface area contributed by atoms with Crippen LogP contribution >= 0.6 is 11.6 Å². The molecule has 34 heavy (non-hydrogen) atoms. The Morgan fingerprint density at radius 2 is 1.79 bits per heavy atom. The molecule has 1 saturated heterocycles. The molecule has 0 bridgehead atoms. The molecule has 1 aromatic heterocycles. The van der Waals surface area contributed by atoms with Crippen molar-refractivity contribution < 1.29 is 13.2 Å². The number of alkyl halides is 3. The Bertz CT molecular complexity index is 1230. The van der Waals surface area contributed by atoms with Crippen LogP contribution in [-0.4, -0.2) is 22.6 Å². The Morgan fingerprint density at radius 1 is 1.06 bits per heavy atom. The van der Waals surface area contributed by atoms with E-state index in [1.54, 1.807) is 30.5 Å². The Morgan fingerprint density at radius 3 is 2.44 bits per heavy atom. The van der Waals surface area contributed by atoms with Crippen molar-refractivity contribution >= 4 is 17.3 Å². The van der Waals surface area contributed by atoms with Gasteiger partial charge in [0, 0.05) is 24.8 Å². The quantitative estimate of drug-likeness (QED) is 0.418. The number of halogens is 4. The highest BCUT2D eigenvalue weighted by atomic mass is 35.5. The molecule has 0 atom stereocenters. The Balaban J connectivity index is 1.38. The molecule has 0 saturated carbocycles. The van der Waals surface area contributed by atoms with Crippen LogP contribution in [0.5, 0.6) is 0 Å². The van der Waals surface area contributed by atoms with Crippen molar-refractivity contribution in [3.05, 3.63) is 86.6 Å². The molecule has 0 N–H and O–H groups in total. The van der Waals surface area contributed by atoms with Crippen LogP contribution in [0.25, 0.3) is 5.69 Å². The van der Waals surface area contributed by atoms with Gasteiger partial charge in [0.15, 0.2) is 0 Å². The zero-order valence-electron chi connectivity index (χ0n) is 19.2. The fourth-order valence-electron chi connectivity index (χ4n) is 4.68. The van der Waals surface area contributed by atoms with E-state index in [4.69, 9.17) is 11.6 Å². The SMILES string of the molecule is Cc1cc(=O)n(-c2ccc(N3CCC(CCc4cccc(C(F)(F)F)c4)CC3)c(Cl)c2)c(C)n1. The molecule has 3 aromatic rings. The van der Waals surface area contributed by atoms with E-state index in [9.17, 15) is 18.0 Å². The van der Waals surface area contributed by atoms with Crippen LogP contribution in [0, 0.1) is 19.8 Å². The molecule has 4 nitrogen and oxygen atoms in total. The number of nitrogens with zero attached hydrogens (tertiary/aromatic N) is 3. The van der Waals surface area contributed by atoms with Crippen LogP contribution < -0.4 is 10.5 Å². The summed E-state index contributed by atoms with van der Waals surface area (Å²) in [6, 6.07) is 12.7. The van der Waals surface area contributed by atoms with E-state index in [2.05, 4.69) is 9.88 Å². The van der Waals surface area contributed by atoms with Gasteiger partial charge in [-0.1, -0.05) is 29.8 Å². The van der Waals surface area contributed by atoms with Crippen LogP contribution in [-0.2, 0) is 12.6 Å². The Labute approximate surface area is 202 Å². The van der Waals surface area contributed by atoms with E-state index in [1.807, 2.05) is 12.1 Å². The monoisotopic (exact) mass is 489 g/mol. The van der Waals surface area contributed by atoms with Crippen LogP contribution in [0.3, 0.4) is 0 Å². The number of aromatic nitrogens is 2. The molecule has 4 rings (SSSR count). The number of aryl methyl sites for hydroxylation is 3. The molecule has 0 amide bonds. The lowest BCUT2D eigenvalue weighted by molar-refractivity contribution is -0.137. The largest absolute Gasteiger partial charge is 0.416 e. The summed E-state index contributed by atoms with van der Waals surface area (Å²) in [5.41, 5.74) is 2.28. The molecular weight excluding hydrogens is 463 g/mol. The van der Waals surface area contributed by atoms with Crippen molar-refractivity contribution in [1.82, 2.24) is 9.55 Å². The summed E-state index contributed by atoms with van der Waals surface area (Å²) in [5.74, 6) is 1.07. The minimum Gasteiger partial charge on any atom is -0.370 e. The molecule has 1 aliphatic heterocycles. The second-order valence-corrected chi connectivity index (χ2v) is 9.33. The summed E-state index contributed by atoms with van der Waals surface area (Å²) in [6.07, 6.45) is -0.888. The number of rotatable bonds is 5. The summed E-state index contributed by atoms with van der Waals surface area (Å²) in [6.45, 7) is 5.24. The third kappa shape index (κ3) is 5.46. The van der Waals surface area contributed by atoms with Gasteiger partial charge in [-0.25, -0.2) is 4.98 Å². The van der Waals surface area contributed by atoms with Crippen LogP contribution in [0.1, 0.15) is 41.9 Å². The van der Waals surface area contributed by atoms with Gasteiger partial charge in [-0.2, -0.15) is 13.2 Å². The minimum absolute atomic E-state index is 0.143. The molecule has 2 heterocycles. The van der Waals surface area contributed by atoms with Crippen molar-refractivity contribution in [3.63, 3.8) is 0 Å². The van der Waals surface area contributed by atoms with Crippen molar-refractivity contribution in [3.8, 4) is 5.69 Å². The second kappa shape index (κ2) is 9.82. The third-order valence-electron chi connectivity index (χ3n) is 6.45. The predicted octanol–water partition coefficient (Wildman–Crippen LogP) is 6.37. The molecule has 180 valence electrons. The van der Waals surface area contributed by atoms with E-state index in [0.717, 1.165) is 49.7 Å². The maximum Gasteiger partial charge on any atom is 0.416 e. The zero-order chi connectivity index (χ0) is 24.5. The molecule has 0 unspecified atom stereocenters. The first-order valence-corrected chi connectivity index (χ1v) is 11.8. The van der Waals surface area contributed by atoms with E-state index in [-0.39, 0.29) is 5.56 Å². The maximum absolute atomic E-state index is 12.9. The van der Waals surface area contributed by atoms with Gasteiger partial charge in [0.25, 0.3) is 5.56 Å². The number of benzene rings is 2. The number of piperidine rings is 1. The van der Waals surface area contributed by atoms with Crippen molar-refractivity contribution in [2.24, 2.45) is 5.92 Å². The molecule has 2 aromatic carbocycles. The maximum atomic E-state index is 12.9. The molecule has 0 spiro atoms. The van der Waals surface area contributed by atoms with E-state index in [1.165, 1.54) is 18.2 Å². The van der Waals surface area contributed by atoms with Gasteiger partial charge in [-0.3, -0.25) is 9.36 Å². The van der Waals surface area contributed by atoms with Gasteiger partial charge in [-0.05, 0) is 75.3 Å². The molecule has 8 heteroatoms. The van der Waals surface area contributed by atoms with Gasteiger partial charge >= 0.3 is 6.18 Å². The standard InChI is InChI=1S/C26H27ClF3N3O/c1-17-14-25(34)33(18(2)31-17)22-8-9-24(23(27)16-22)32-12-10-19(11-13-32)6-7-20-4-3-5-21(15-20)26(28,29)30/h3-5,8-9,14-16,19H,6-7,10-13H2,1-2H3. The molecule has 1 aliphatic rings. The predicted molar refractivity (Wildman–Crippen MR) is 129 cm³/mol. The zero-order valence-corrected chi connectivity index (χ0v) is 20.0. The summed E-state index contributed by atoms with van der Waals surface area (Å²) < 4.78 is 40.4. The third-order valence-corrected chi connectivity index (χ3v) is 6.76. The number of anilines is 1. The highest BCUT2D eigenvalue weighted by Gasteiger charge is 2.30. The summed E-state index contributed by atoms with van der Waals surface area (Å²) >= 11 is 6.61.